The van der Waals surface area contributed by atoms with E-state index in [2.05, 4.69) is 34.3 Å². The molecule has 0 bridgehead atoms. The second-order valence-electron chi connectivity index (χ2n) is 5.02. The van der Waals surface area contributed by atoms with Gasteiger partial charge in [-0.15, -0.1) is 0 Å². The number of benzene rings is 4. The lowest BCUT2D eigenvalue weighted by Crippen LogP contribution is -1.81. The van der Waals surface area contributed by atoms with E-state index in [-0.39, 0.29) is 0 Å². The lowest BCUT2D eigenvalue weighted by Gasteiger charge is -2.10. The molecule has 0 atom stereocenters. The first-order valence-electron chi connectivity index (χ1n) is 6.77. The van der Waals surface area contributed by atoms with Crippen molar-refractivity contribution in [2.75, 3.05) is 0 Å². The van der Waals surface area contributed by atoms with Crippen LogP contribution in [0.4, 0.5) is 5.69 Å². The average Bonchev–Trinajstić information content (AvgIpc) is 2.54. The van der Waals surface area contributed by atoms with Gasteiger partial charge in [0, 0.05) is 10.6 Å². The van der Waals surface area contributed by atoms with Crippen LogP contribution in [0.3, 0.4) is 0 Å². The van der Waals surface area contributed by atoms with Crippen molar-refractivity contribution in [3.05, 3.63) is 77.2 Å². The molecule has 3 heteroatoms. The van der Waals surface area contributed by atoms with Crippen LogP contribution >= 0.6 is 0 Å². The molecule has 0 aliphatic rings. The van der Waals surface area contributed by atoms with Gasteiger partial charge < -0.3 is 0 Å². The smallest absolute Gasteiger partial charge is 0.0460 e. The summed E-state index contributed by atoms with van der Waals surface area (Å²) in [7, 11) is 0. The van der Waals surface area contributed by atoms with Gasteiger partial charge in [-0.1, -0.05) is 65.8 Å². The molecule has 0 amide bonds. The van der Waals surface area contributed by atoms with Crippen molar-refractivity contribution in [1.82, 2.24) is 0 Å². The highest BCUT2D eigenvalue weighted by Gasteiger charge is 2.08. The summed E-state index contributed by atoms with van der Waals surface area (Å²) in [6.45, 7) is 0. The summed E-state index contributed by atoms with van der Waals surface area (Å²) < 4.78 is 0. The van der Waals surface area contributed by atoms with Gasteiger partial charge >= 0.3 is 0 Å². The zero-order chi connectivity index (χ0) is 14.2. The quantitative estimate of drug-likeness (QED) is 0.174. The van der Waals surface area contributed by atoms with Gasteiger partial charge in [-0.05, 0) is 43.9 Å². The molecule has 98 valence electrons. The van der Waals surface area contributed by atoms with E-state index in [1.807, 2.05) is 42.5 Å². The Balaban J connectivity index is 2.37. The molecule has 0 N–H and O–H groups in total. The lowest BCUT2D eigenvalue weighted by molar-refractivity contribution is 1.53. The first-order valence-corrected chi connectivity index (χ1v) is 6.77. The largest absolute Gasteiger partial charge is 0.0616 e. The Morgan fingerprint density at radius 1 is 0.714 bits per heavy atom. The van der Waals surface area contributed by atoms with Crippen molar-refractivity contribution < 1.29 is 0 Å². The molecule has 0 saturated carbocycles. The predicted octanol–water partition coefficient (Wildman–Crippen LogP) is 6.09. The Hall–Kier alpha value is -3.03. The summed E-state index contributed by atoms with van der Waals surface area (Å²) in [6, 6.07) is 22.5. The van der Waals surface area contributed by atoms with Crippen LogP contribution in [0.5, 0.6) is 0 Å². The molecule has 0 radical (unpaired) electrons. The number of nitrogens with zero attached hydrogens (tertiary/aromatic N) is 3. The predicted molar refractivity (Wildman–Crippen MR) is 87.8 cm³/mol. The molecule has 4 rings (SSSR count). The van der Waals surface area contributed by atoms with Gasteiger partial charge in [0.05, 0.1) is 0 Å². The fraction of sp³-hybridized carbons (Fsp3) is 0. The fourth-order valence-corrected chi connectivity index (χ4v) is 2.98. The zero-order valence-corrected chi connectivity index (χ0v) is 11.2. The summed E-state index contributed by atoms with van der Waals surface area (Å²) in [5, 5.41) is 10.6. The molecule has 0 aliphatic heterocycles. The molecule has 0 heterocycles. The van der Waals surface area contributed by atoms with Gasteiger partial charge in [-0.3, -0.25) is 0 Å². The van der Waals surface area contributed by atoms with Crippen LogP contribution in [-0.4, -0.2) is 0 Å². The van der Waals surface area contributed by atoms with E-state index in [4.69, 9.17) is 5.53 Å². The van der Waals surface area contributed by atoms with Gasteiger partial charge in [0.25, 0.3) is 0 Å². The molecular formula is C18H11N3. The molecule has 4 aromatic rings. The lowest BCUT2D eigenvalue weighted by atomic mass is 9.95. The van der Waals surface area contributed by atoms with E-state index < -0.39 is 0 Å². The monoisotopic (exact) mass is 269 g/mol. The summed E-state index contributed by atoms with van der Waals surface area (Å²) >= 11 is 0. The van der Waals surface area contributed by atoms with Crippen molar-refractivity contribution >= 4 is 38.0 Å². The zero-order valence-electron chi connectivity index (χ0n) is 11.2. The van der Waals surface area contributed by atoms with Crippen LogP contribution in [0, 0.1) is 0 Å². The number of fused-ring (bicyclic) bond motifs is 5. The Morgan fingerprint density at radius 2 is 1.38 bits per heavy atom. The van der Waals surface area contributed by atoms with Crippen LogP contribution in [-0.2, 0) is 0 Å². The van der Waals surface area contributed by atoms with Crippen LogP contribution in [0.2, 0.25) is 0 Å². The van der Waals surface area contributed by atoms with Gasteiger partial charge in [0.1, 0.15) is 0 Å². The van der Waals surface area contributed by atoms with Crippen LogP contribution in [0.15, 0.2) is 71.8 Å². The fourth-order valence-electron chi connectivity index (χ4n) is 2.98. The Morgan fingerprint density at radius 3 is 2.14 bits per heavy atom. The third-order valence-electron chi connectivity index (χ3n) is 3.88. The molecule has 3 nitrogen and oxygen atoms in total. The summed E-state index contributed by atoms with van der Waals surface area (Å²) in [5.74, 6) is 0. The highest BCUT2D eigenvalue weighted by molar-refractivity contribution is 6.23. The Kier molecular flexibility index (Phi) is 2.53. The third kappa shape index (κ3) is 1.72. The second kappa shape index (κ2) is 4.51. The first kappa shape index (κ1) is 11.8. The standard InChI is InChI=1S/C18H11N3/c19-21-20-17-11-13-6-2-4-8-15(13)18-14-7-3-1-5-12(14)9-10-16(17)18/h1-11H. The molecule has 0 saturated heterocycles. The first-order chi connectivity index (χ1) is 10.4. The molecule has 0 fully saturated rings. The van der Waals surface area contributed by atoms with Crippen molar-refractivity contribution in [3.63, 3.8) is 0 Å². The van der Waals surface area contributed by atoms with E-state index in [1.54, 1.807) is 0 Å². The van der Waals surface area contributed by atoms with E-state index in [0.717, 1.165) is 16.2 Å². The summed E-state index contributed by atoms with van der Waals surface area (Å²) in [4.78, 5) is 2.97. The Bertz CT molecular complexity index is 1030. The average molecular weight is 269 g/mol. The SMILES string of the molecule is [N-]=[N+]=Nc1cc2ccccc2c2c1ccc1ccccc12. The minimum atomic E-state index is 0.678. The number of hydrogen-bond donors (Lipinski definition) is 0. The summed E-state index contributed by atoms with van der Waals surface area (Å²) in [6.07, 6.45) is 0. The third-order valence-corrected chi connectivity index (χ3v) is 3.88. The number of hydrogen-bond acceptors (Lipinski definition) is 1. The topological polar surface area (TPSA) is 48.8 Å². The second-order valence-corrected chi connectivity index (χ2v) is 5.02. The maximum Gasteiger partial charge on any atom is 0.0460 e. The van der Waals surface area contributed by atoms with Gasteiger partial charge in [-0.25, -0.2) is 0 Å². The van der Waals surface area contributed by atoms with E-state index in [0.29, 0.717) is 5.69 Å². The maximum absolute atomic E-state index is 8.82. The van der Waals surface area contributed by atoms with E-state index in [1.165, 1.54) is 16.2 Å². The molecule has 0 unspecified atom stereocenters. The van der Waals surface area contributed by atoms with Crippen molar-refractivity contribution in [1.29, 1.82) is 0 Å². The van der Waals surface area contributed by atoms with E-state index >= 15 is 0 Å². The maximum atomic E-state index is 8.82. The van der Waals surface area contributed by atoms with Crippen molar-refractivity contribution in [2.45, 2.75) is 0 Å². The molecule has 21 heavy (non-hydrogen) atoms. The molecule has 0 spiro atoms. The minimum Gasteiger partial charge on any atom is -0.0616 e. The van der Waals surface area contributed by atoms with Gasteiger partial charge in [-0.2, -0.15) is 0 Å². The molecule has 0 aromatic heterocycles. The van der Waals surface area contributed by atoms with E-state index in [9.17, 15) is 0 Å². The minimum absolute atomic E-state index is 0.678. The normalized spacial score (nSPS) is 10.9. The Labute approximate surface area is 121 Å². The molecular weight excluding hydrogens is 258 g/mol. The summed E-state index contributed by atoms with van der Waals surface area (Å²) in [5.41, 5.74) is 9.50. The number of rotatable bonds is 1. The highest BCUT2D eigenvalue weighted by atomic mass is 15.1. The number of azide groups is 1. The molecule has 4 aromatic carbocycles. The van der Waals surface area contributed by atoms with Crippen molar-refractivity contribution in [3.8, 4) is 0 Å². The van der Waals surface area contributed by atoms with Crippen LogP contribution < -0.4 is 0 Å². The van der Waals surface area contributed by atoms with Crippen LogP contribution in [0.1, 0.15) is 0 Å². The van der Waals surface area contributed by atoms with Crippen molar-refractivity contribution in [2.24, 2.45) is 5.11 Å². The van der Waals surface area contributed by atoms with Gasteiger partial charge in [0.2, 0.25) is 0 Å². The van der Waals surface area contributed by atoms with Gasteiger partial charge in [0.15, 0.2) is 0 Å². The molecule has 0 aliphatic carbocycles. The highest BCUT2D eigenvalue weighted by Crippen LogP contribution is 2.37. The van der Waals surface area contributed by atoms with Crippen LogP contribution in [0.25, 0.3) is 42.8 Å².